The van der Waals surface area contributed by atoms with Gasteiger partial charge in [0.2, 0.25) is 0 Å². The third kappa shape index (κ3) is 2.88. The minimum Gasteiger partial charge on any atom is -0.423 e. The van der Waals surface area contributed by atoms with Crippen LogP contribution in [-0.2, 0) is 0 Å². The number of nitriles is 1. The minimum absolute atomic E-state index is 0.393. The van der Waals surface area contributed by atoms with Gasteiger partial charge in [-0.05, 0) is 48.5 Å². The average Bonchev–Trinajstić information content (AvgIpc) is 2.41. The van der Waals surface area contributed by atoms with Gasteiger partial charge in [-0.2, -0.15) is 5.26 Å². The van der Waals surface area contributed by atoms with Crippen LogP contribution in [0.25, 0.3) is 0 Å². The fraction of sp³-hybridized carbons (Fsp3) is 0. The first-order valence-corrected chi connectivity index (χ1v) is 5.55. The lowest BCUT2D eigenvalue weighted by atomic mass is 10.1. The molecule has 0 saturated carbocycles. The molecule has 2 aromatic carbocycles. The van der Waals surface area contributed by atoms with Gasteiger partial charge in [0.1, 0.15) is 5.75 Å². The topological polar surface area (TPSA) is 50.1 Å². The van der Waals surface area contributed by atoms with Crippen molar-refractivity contribution in [2.75, 3.05) is 0 Å². The van der Waals surface area contributed by atoms with Crippen molar-refractivity contribution in [3.63, 3.8) is 0 Å². The van der Waals surface area contributed by atoms with Gasteiger partial charge in [0.25, 0.3) is 0 Å². The van der Waals surface area contributed by atoms with Gasteiger partial charge in [0.15, 0.2) is 0 Å². The molecule has 0 amide bonds. The maximum atomic E-state index is 11.8. The van der Waals surface area contributed by atoms with Crippen molar-refractivity contribution >= 4 is 17.6 Å². The fourth-order valence-corrected chi connectivity index (χ4v) is 1.48. The highest BCUT2D eigenvalue weighted by Gasteiger charge is 2.08. The van der Waals surface area contributed by atoms with Crippen LogP contribution in [0, 0.1) is 11.3 Å². The van der Waals surface area contributed by atoms with Gasteiger partial charge in [-0.3, -0.25) is 0 Å². The molecule has 88 valence electrons. The predicted molar refractivity (Wildman–Crippen MR) is 67.6 cm³/mol. The molecule has 0 heterocycles. The third-order valence-corrected chi connectivity index (χ3v) is 2.53. The highest BCUT2D eigenvalue weighted by Crippen LogP contribution is 2.17. The van der Waals surface area contributed by atoms with Crippen molar-refractivity contribution in [2.24, 2.45) is 0 Å². The number of nitrogens with zero attached hydrogens (tertiary/aromatic N) is 1. The van der Waals surface area contributed by atoms with Crippen LogP contribution in [-0.4, -0.2) is 5.97 Å². The Balaban J connectivity index is 2.12. The van der Waals surface area contributed by atoms with Gasteiger partial charge >= 0.3 is 5.97 Å². The summed E-state index contributed by atoms with van der Waals surface area (Å²) >= 11 is 5.73. The van der Waals surface area contributed by atoms with Crippen LogP contribution in [0.4, 0.5) is 0 Å². The Morgan fingerprint density at radius 1 is 1.06 bits per heavy atom. The van der Waals surface area contributed by atoms with E-state index in [9.17, 15) is 4.79 Å². The molecule has 0 atom stereocenters. The van der Waals surface area contributed by atoms with Gasteiger partial charge < -0.3 is 4.74 Å². The largest absolute Gasteiger partial charge is 0.423 e. The first-order chi connectivity index (χ1) is 8.69. The van der Waals surface area contributed by atoms with Gasteiger partial charge in [0, 0.05) is 5.02 Å². The maximum Gasteiger partial charge on any atom is 0.343 e. The highest BCUT2D eigenvalue weighted by atomic mass is 35.5. The van der Waals surface area contributed by atoms with Crippen LogP contribution in [0.5, 0.6) is 5.75 Å². The summed E-state index contributed by atoms with van der Waals surface area (Å²) in [5, 5.41) is 9.23. The number of hydrogen-bond donors (Lipinski definition) is 0. The van der Waals surface area contributed by atoms with E-state index in [-0.39, 0.29) is 0 Å². The van der Waals surface area contributed by atoms with Gasteiger partial charge in [-0.1, -0.05) is 11.6 Å². The van der Waals surface area contributed by atoms with E-state index >= 15 is 0 Å². The lowest BCUT2D eigenvalue weighted by Crippen LogP contribution is -2.08. The van der Waals surface area contributed by atoms with E-state index in [0.29, 0.717) is 21.9 Å². The van der Waals surface area contributed by atoms with Crippen molar-refractivity contribution in [1.82, 2.24) is 0 Å². The highest BCUT2D eigenvalue weighted by molar-refractivity contribution is 6.30. The lowest BCUT2D eigenvalue weighted by molar-refractivity contribution is 0.0735. The number of benzene rings is 2. The molecule has 2 rings (SSSR count). The molecule has 0 aliphatic carbocycles. The van der Waals surface area contributed by atoms with Gasteiger partial charge in [-0.25, -0.2) is 4.79 Å². The summed E-state index contributed by atoms with van der Waals surface area (Å²) in [6.07, 6.45) is 0. The molecule has 0 aromatic heterocycles. The molecule has 0 saturated heterocycles. The van der Waals surface area contributed by atoms with Crippen LogP contribution >= 0.6 is 11.6 Å². The standard InChI is InChI=1S/C14H8ClNO2/c15-12-5-7-13(8-6-12)18-14(17)11-3-1-10(9-16)2-4-11/h1-8H. The van der Waals surface area contributed by atoms with Crippen molar-refractivity contribution in [2.45, 2.75) is 0 Å². The smallest absolute Gasteiger partial charge is 0.343 e. The van der Waals surface area contributed by atoms with Crippen molar-refractivity contribution < 1.29 is 9.53 Å². The molecule has 0 bridgehead atoms. The molecule has 0 N–H and O–H groups in total. The number of ether oxygens (including phenoxy) is 1. The minimum atomic E-state index is -0.471. The fourth-order valence-electron chi connectivity index (χ4n) is 1.35. The molecule has 18 heavy (non-hydrogen) atoms. The Bertz CT molecular complexity index is 597. The molecular weight excluding hydrogens is 250 g/mol. The van der Waals surface area contributed by atoms with Crippen LogP contribution in [0.2, 0.25) is 5.02 Å². The summed E-state index contributed by atoms with van der Waals surface area (Å²) in [5.74, 6) is -0.0458. The van der Waals surface area contributed by atoms with E-state index in [2.05, 4.69) is 0 Å². The molecular formula is C14H8ClNO2. The monoisotopic (exact) mass is 257 g/mol. The Morgan fingerprint density at radius 2 is 1.67 bits per heavy atom. The second-order valence-electron chi connectivity index (χ2n) is 3.53. The number of carbonyl (C=O) groups is 1. The first-order valence-electron chi connectivity index (χ1n) is 5.17. The van der Waals surface area contributed by atoms with Gasteiger partial charge in [0.05, 0.1) is 17.2 Å². The van der Waals surface area contributed by atoms with Crippen molar-refractivity contribution in [3.05, 3.63) is 64.7 Å². The van der Waals surface area contributed by atoms with Crippen molar-refractivity contribution in [1.29, 1.82) is 5.26 Å². The Labute approximate surface area is 109 Å². The first kappa shape index (κ1) is 12.2. The molecule has 0 unspecified atom stereocenters. The summed E-state index contributed by atoms with van der Waals surface area (Å²) in [7, 11) is 0. The van der Waals surface area contributed by atoms with E-state index in [0.717, 1.165) is 0 Å². The van der Waals surface area contributed by atoms with E-state index in [1.807, 2.05) is 6.07 Å². The zero-order chi connectivity index (χ0) is 13.0. The quantitative estimate of drug-likeness (QED) is 0.612. The second kappa shape index (κ2) is 5.35. The number of hydrogen-bond acceptors (Lipinski definition) is 3. The normalized spacial score (nSPS) is 9.56. The van der Waals surface area contributed by atoms with Crippen LogP contribution in [0.3, 0.4) is 0 Å². The third-order valence-electron chi connectivity index (χ3n) is 2.27. The summed E-state index contributed by atoms with van der Waals surface area (Å²) in [4.78, 5) is 11.8. The summed E-state index contributed by atoms with van der Waals surface area (Å²) in [6.45, 7) is 0. The van der Waals surface area contributed by atoms with E-state index in [1.54, 1.807) is 48.5 Å². The lowest BCUT2D eigenvalue weighted by Gasteiger charge is -2.04. The predicted octanol–water partition coefficient (Wildman–Crippen LogP) is 3.43. The van der Waals surface area contributed by atoms with E-state index in [4.69, 9.17) is 21.6 Å². The zero-order valence-electron chi connectivity index (χ0n) is 9.26. The van der Waals surface area contributed by atoms with E-state index < -0.39 is 5.97 Å². The average molecular weight is 258 g/mol. The Hall–Kier alpha value is -2.31. The summed E-state index contributed by atoms with van der Waals surface area (Å²) in [5.41, 5.74) is 0.891. The molecule has 0 fully saturated rings. The van der Waals surface area contributed by atoms with Crippen LogP contribution in [0.1, 0.15) is 15.9 Å². The van der Waals surface area contributed by atoms with Crippen LogP contribution in [0.15, 0.2) is 48.5 Å². The van der Waals surface area contributed by atoms with Crippen molar-refractivity contribution in [3.8, 4) is 11.8 Å². The second-order valence-corrected chi connectivity index (χ2v) is 3.97. The molecule has 0 aliphatic heterocycles. The maximum absolute atomic E-state index is 11.8. The molecule has 0 aliphatic rings. The SMILES string of the molecule is N#Cc1ccc(C(=O)Oc2ccc(Cl)cc2)cc1. The number of rotatable bonds is 2. The summed E-state index contributed by atoms with van der Waals surface area (Å²) in [6, 6.07) is 14.7. The van der Waals surface area contributed by atoms with Crippen LogP contribution < -0.4 is 4.74 Å². The molecule has 4 heteroatoms. The summed E-state index contributed by atoms with van der Waals surface area (Å²) < 4.78 is 5.15. The Morgan fingerprint density at radius 3 is 2.22 bits per heavy atom. The van der Waals surface area contributed by atoms with E-state index in [1.165, 1.54) is 0 Å². The molecule has 0 radical (unpaired) electrons. The molecule has 2 aromatic rings. The number of esters is 1. The molecule has 3 nitrogen and oxygen atoms in total. The molecule has 0 spiro atoms. The number of halogens is 1. The Kier molecular flexibility index (Phi) is 3.61. The zero-order valence-corrected chi connectivity index (χ0v) is 10.0. The number of carbonyl (C=O) groups excluding carboxylic acids is 1. The van der Waals surface area contributed by atoms with Gasteiger partial charge in [-0.15, -0.1) is 0 Å².